The van der Waals surface area contributed by atoms with Gasteiger partial charge in [0.1, 0.15) is 0 Å². The van der Waals surface area contributed by atoms with Gasteiger partial charge in [0.25, 0.3) is 0 Å². The monoisotopic (exact) mass is 688 g/mol. The van der Waals surface area contributed by atoms with Gasteiger partial charge in [-0.25, -0.2) is 0 Å². The van der Waals surface area contributed by atoms with Crippen LogP contribution >= 0.6 is 0 Å². The highest BCUT2D eigenvalue weighted by Crippen LogP contribution is 2.41. The first kappa shape index (κ1) is 31.2. The van der Waals surface area contributed by atoms with Crippen molar-refractivity contribution in [2.45, 2.75) is 0 Å². The molecule has 0 bridgehead atoms. The Hall–Kier alpha value is -6.54. The standard InChI is InChI=1S/C52H36Si/c1-5-14-37(15-6-1)42-34-43(36-44(35-42)49-32-28-41-25-24-39-16-13-17-40-29-33-50(49)52(41)51(39)40)38-26-30-48(31-27-38)53(45-18-7-2-8-19-45,46-20-9-3-10-21-46)47-22-11-4-12-23-47/h1-36H. The van der Waals surface area contributed by atoms with Crippen molar-refractivity contribution in [2.24, 2.45) is 0 Å². The molecule has 1 heteroatoms. The predicted octanol–water partition coefficient (Wildman–Crippen LogP) is 11.0. The fraction of sp³-hybridized carbons (Fsp3) is 0. The summed E-state index contributed by atoms with van der Waals surface area (Å²) in [6.07, 6.45) is 0. The Labute approximate surface area is 311 Å². The van der Waals surface area contributed by atoms with Crippen molar-refractivity contribution in [1.29, 1.82) is 0 Å². The van der Waals surface area contributed by atoms with E-state index in [-0.39, 0.29) is 0 Å². The molecule has 0 aromatic heterocycles. The molecule has 0 spiro atoms. The minimum Gasteiger partial charge on any atom is -0.0623 e. The first-order valence-corrected chi connectivity index (χ1v) is 20.4. The second-order valence-corrected chi connectivity index (χ2v) is 17.9. The summed E-state index contributed by atoms with van der Waals surface area (Å²) in [5.41, 5.74) is 7.34. The summed E-state index contributed by atoms with van der Waals surface area (Å²) in [6.45, 7) is 0. The Bertz CT molecular complexity index is 2730. The van der Waals surface area contributed by atoms with Crippen LogP contribution < -0.4 is 20.7 Å². The molecule has 10 rings (SSSR count). The smallest absolute Gasteiger partial charge is 0.0623 e. The topological polar surface area (TPSA) is 0 Å². The first-order chi connectivity index (χ1) is 26.3. The molecule has 53 heavy (non-hydrogen) atoms. The molecule has 0 atom stereocenters. The first-order valence-electron chi connectivity index (χ1n) is 18.4. The van der Waals surface area contributed by atoms with Crippen LogP contribution in [0.3, 0.4) is 0 Å². The summed E-state index contributed by atoms with van der Waals surface area (Å²) in [5.74, 6) is 0. The maximum Gasteiger partial charge on any atom is 0.179 e. The summed E-state index contributed by atoms with van der Waals surface area (Å²) in [7, 11) is -2.61. The third-order valence-electron chi connectivity index (χ3n) is 11.2. The maximum atomic E-state index is 2.40. The Kier molecular flexibility index (Phi) is 7.60. The minimum atomic E-state index is -2.61. The van der Waals surface area contributed by atoms with E-state index in [4.69, 9.17) is 0 Å². The van der Waals surface area contributed by atoms with Crippen LogP contribution in [0.25, 0.3) is 65.7 Å². The minimum absolute atomic E-state index is 1.21. The van der Waals surface area contributed by atoms with Crippen molar-refractivity contribution in [1.82, 2.24) is 0 Å². The van der Waals surface area contributed by atoms with Crippen molar-refractivity contribution in [2.75, 3.05) is 0 Å². The van der Waals surface area contributed by atoms with Crippen LogP contribution in [0.5, 0.6) is 0 Å². The fourth-order valence-corrected chi connectivity index (χ4v) is 13.5. The summed E-state index contributed by atoms with van der Waals surface area (Å²) in [4.78, 5) is 0. The van der Waals surface area contributed by atoms with Gasteiger partial charge in [-0.3, -0.25) is 0 Å². The third kappa shape index (κ3) is 5.20. The number of hydrogen-bond acceptors (Lipinski definition) is 0. The molecular weight excluding hydrogens is 653 g/mol. The van der Waals surface area contributed by atoms with Crippen LogP contribution in [-0.4, -0.2) is 8.07 Å². The van der Waals surface area contributed by atoms with E-state index in [9.17, 15) is 0 Å². The summed E-state index contributed by atoms with van der Waals surface area (Å²) < 4.78 is 0. The average Bonchev–Trinajstić information content (AvgIpc) is 3.24. The molecule has 0 saturated carbocycles. The normalized spacial score (nSPS) is 11.8. The Morgan fingerprint density at radius 3 is 1.21 bits per heavy atom. The molecule has 10 aromatic carbocycles. The SMILES string of the molecule is c1ccc(-c2cc(-c3ccc([Si](c4ccccc4)(c4ccccc4)c4ccccc4)cc3)cc(-c3ccc4ccc5cccc6ccc3c4c56)c2)cc1. The van der Waals surface area contributed by atoms with Crippen molar-refractivity contribution in [3.63, 3.8) is 0 Å². The van der Waals surface area contributed by atoms with Crippen molar-refractivity contribution < 1.29 is 0 Å². The largest absolute Gasteiger partial charge is 0.179 e. The highest BCUT2D eigenvalue weighted by Gasteiger charge is 2.41. The lowest BCUT2D eigenvalue weighted by Crippen LogP contribution is -2.74. The quantitative estimate of drug-likeness (QED) is 0.0888. The van der Waals surface area contributed by atoms with E-state index in [1.54, 1.807) is 0 Å². The Morgan fingerprint density at radius 1 is 0.245 bits per heavy atom. The van der Waals surface area contributed by atoms with Gasteiger partial charge in [-0.1, -0.05) is 200 Å². The molecule has 0 aliphatic carbocycles. The molecular formula is C52H36Si. The molecule has 0 aliphatic heterocycles. The Morgan fingerprint density at radius 2 is 0.660 bits per heavy atom. The molecule has 0 unspecified atom stereocenters. The predicted molar refractivity (Wildman–Crippen MR) is 230 cm³/mol. The van der Waals surface area contributed by atoms with Gasteiger partial charge in [0, 0.05) is 0 Å². The molecule has 0 fully saturated rings. The molecule has 10 aromatic rings. The van der Waals surface area contributed by atoms with E-state index < -0.39 is 8.07 Å². The van der Waals surface area contributed by atoms with E-state index in [2.05, 4.69) is 218 Å². The number of rotatable bonds is 7. The zero-order chi connectivity index (χ0) is 35.2. The summed E-state index contributed by atoms with van der Waals surface area (Å²) in [5, 5.41) is 13.4. The van der Waals surface area contributed by atoms with E-state index in [0.717, 1.165) is 0 Å². The van der Waals surface area contributed by atoms with Gasteiger partial charge < -0.3 is 0 Å². The maximum absolute atomic E-state index is 2.61. The van der Waals surface area contributed by atoms with Crippen LogP contribution in [-0.2, 0) is 0 Å². The van der Waals surface area contributed by atoms with Gasteiger partial charge in [-0.2, -0.15) is 0 Å². The van der Waals surface area contributed by atoms with E-state index in [0.29, 0.717) is 0 Å². The van der Waals surface area contributed by atoms with Crippen molar-refractivity contribution >= 4 is 61.1 Å². The van der Waals surface area contributed by atoms with Crippen molar-refractivity contribution in [3.05, 3.63) is 218 Å². The zero-order valence-corrected chi connectivity index (χ0v) is 30.3. The van der Waals surface area contributed by atoms with Gasteiger partial charge in [0.15, 0.2) is 8.07 Å². The van der Waals surface area contributed by atoms with Crippen LogP contribution in [0, 0.1) is 0 Å². The molecule has 248 valence electrons. The molecule has 0 aliphatic rings. The second-order valence-electron chi connectivity index (χ2n) is 14.1. The third-order valence-corrected chi connectivity index (χ3v) is 15.9. The van der Waals surface area contributed by atoms with E-state index in [1.807, 2.05) is 0 Å². The van der Waals surface area contributed by atoms with Gasteiger partial charge in [-0.05, 0) is 105 Å². The second kappa shape index (κ2) is 12.9. The molecule has 0 radical (unpaired) electrons. The zero-order valence-electron chi connectivity index (χ0n) is 29.3. The van der Waals surface area contributed by atoms with Gasteiger partial charge in [0.2, 0.25) is 0 Å². The van der Waals surface area contributed by atoms with Crippen LogP contribution in [0.2, 0.25) is 0 Å². The van der Waals surface area contributed by atoms with Gasteiger partial charge in [-0.15, -0.1) is 0 Å². The average molecular weight is 689 g/mol. The lowest BCUT2D eigenvalue weighted by atomic mass is 9.88. The van der Waals surface area contributed by atoms with Gasteiger partial charge >= 0.3 is 0 Å². The van der Waals surface area contributed by atoms with Gasteiger partial charge in [0.05, 0.1) is 0 Å². The molecule has 0 saturated heterocycles. The summed E-state index contributed by atoms with van der Waals surface area (Å²) in [6, 6.07) is 81.3. The van der Waals surface area contributed by atoms with E-state index >= 15 is 0 Å². The van der Waals surface area contributed by atoms with Crippen LogP contribution in [0.15, 0.2) is 218 Å². The highest BCUT2D eigenvalue weighted by molar-refractivity contribution is 7.19. The molecule has 0 N–H and O–H groups in total. The molecule has 0 amide bonds. The fourth-order valence-electron chi connectivity index (χ4n) is 8.71. The lowest BCUT2D eigenvalue weighted by molar-refractivity contribution is 1.58. The van der Waals surface area contributed by atoms with Crippen molar-refractivity contribution in [3.8, 4) is 33.4 Å². The molecule has 0 nitrogen and oxygen atoms in total. The van der Waals surface area contributed by atoms with Crippen LogP contribution in [0.4, 0.5) is 0 Å². The number of hydrogen-bond donors (Lipinski definition) is 0. The lowest BCUT2D eigenvalue weighted by Gasteiger charge is -2.34. The van der Waals surface area contributed by atoms with E-state index in [1.165, 1.54) is 86.4 Å². The Balaban J connectivity index is 1.17. The van der Waals surface area contributed by atoms with Crippen LogP contribution in [0.1, 0.15) is 0 Å². The number of benzene rings is 10. The highest BCUT2D eigenvalue weighted by atomic mass is 28.3. The molecule has 0 heterocycles. The summed E-state index contributed by atoms with van der Waals surface area (Å²) >= 11 is 0.